The molecule has 3 atom stereocenters. The summed E-state index contributed by atoms with van der Waals surface area (Å²) in [4.78, 5) is 12.3. The van der Waals surface area contributed by atoms with Gasteiger partial charge in [-0.2, -0.15) is 0 Å². The zero-order valence-corrected chi connectivity index (χ0v) is 17.6. The summed E-state index contributed by atoms with van der Waals surface area (Å²) in [6.07, 6.45) is 2.11. The van der Waals surface area contributed by atoms with E-state index in [4.69, 9.17) is 9.16 Å². The zero-order chi connectivity index (χ0) is 19.0. The minimum absolute atomic E-state index is 0.0273. The van der Waals surface area contributed by atoms with E-state index in [-0.39, 0.29) is 18.1 Å². The molecule has 0 saturated heterocycles. The number of alkyl carbamates (subject to hydrolysis) is 1. The molecular weight excluding hydrogens is 330 g/mol. The largest absolute Gasteiger partial charge is 0.547 e. The van der Waals surface area contributed by atoms with Crippen molar-refractivity contribution in [2.24, 2.45) is 5.92 Å². The summed E-state index contributed by atoms with van der Waals surface area (Å²) in [5.74, 6) is 0.939. The van der Waals surface area contributed by atoms with Crippen molar-refractivity contribution in [1.82, 2.24) is 5.32 Å². The molecule has 4 nitrogen and oxygen atoms in total. The second-order valence-electron chi connectivity index (χ2n) is 7.32. The third-order valence-corrected chi connectivity index (χ3v) is 4.86. The summed E-state index contributed by atoms with van der Waals surface area (Å²) in [7, 11) is -1.70. The molecule has 0 aliphatic rings. The van der Waals surface area contributed by atoms with Crippen LogP contribution in [0.1, 0.15) is 45.7 Å². The highest BCUT2D eigenvalue weighted by Gasteiger charge is 2.28. The fraction of sp³-hybridized carbons (Fsp3) is 0.550. The summed E-state index contributed by atoms with van der Waals surface area (Å²) in [6, 6.07) is 9.76. The van der Waals surface area contributed by atoms with Gasteiger partial charge in [0.05, 0.1) is 11.8 Å². The Kier molecular flexibility index (Phi) is 8.22. The molecule has 0 fully saturated rings. The molecule has 25 heavy (non-hydrogen) atoms. The van der Waals surface area contributed by atoms with Gasteiger partial charge in [-0.3, -0.25) is 0 Å². The zero-order valence-electron chi connectivity index (χ0n) is 16.6. The maximum Gasteiger partial charge on any atom is 0.407 e. The van der Waals surface area contributed by atoms with Crippen molar-refractivity contribution >= 4 is 14.4 Å². The Bertz CT molecular complexity index is 566. The number of nitrogens with one attached hydrogen (secondary N) is 1. The summed E-state index contributed by atoms with van der Waals surface area (Å²) in [6.45, 7) is 14.5. The maximum absolute atomic E-state index is 12.3. The lowest BCUT2D eigenvalue weighted by Crippen LogP contribution is -2.36. The molecule has 1 aromatic rings. The van der Waals surface area contributed by atoms with Crippen molar-refractivity contribution in [3.05, 3.63) is 47.7 Å². The molecule has 1 aromatic carbocycles. The number of hydrogen-bond donors (Lipinski definition) is 1. The van der Waals surface area contributed by atoms with Crippen LogP contribution in [0.15, 0.2) is 42.2 Å². The van der Waals surface area contributed by atoms with Crippen molar-refractivity contribution in [2.45, 2.75) is 65.9 Å². The Morgan fingerprint density at radius 3 is 2.28 bits per heavy atom. The van der Waals surface area contributed by atoms with E-state index in [1.807, 2.05) is 57.2 Å². The van der Waals surface area contributed by atoms with Crippen LogP contribution in [0.2, 0.25) is 19.6 Å². The number of allylic oxidation sites excluding steroid dienone is 1. The highest BCUT2D eigenvalue weighted by molar-refractivity contribution is 6.70. The molecule has 1 N–H and O–H groups in total. The van der Waals surface area contributed by atoms with Gasteiger partial charge >= 0.3 is 6.09 Å². The molecule has 0 spiro atoms. The molecule has 1 amide bonds. The van der Waals surface area contributed by atoms with E-state index in [0.717, 1.165) is 17.7 Å². The molecular formula is C20H33NO3Si. The fourth-order valence-electron chi connectivity index (χ4n) is 2.66. The van der Waals surface area contributed by atoms with Crippen molar-refractivity contribution in [3.63, 3.8) is 0 Å². The summed E-state index contributed by atoms with van der Waals surface area (Å²) < 4.78 is 11.8. The van der Waals surface area contributed by atoms with E-state index in [1.54, 1.807) is 0 Å². The van der Waals surface area contributed by atoms with E-state index in [1.165, 1.54) is 0 Å². The van der Waals surface area contributed by atoms with Crippen molar-refractivity contribution < 1.29 is 14.0 Å². The monoisotopic (exact) mass is 363 g/mol. The van der Waals surface area contributed by atoms with Crippen molar-refractivity contribution in [3.8, 4) is 0 Å². The van der Waals surface area contributed by atoms with Gasteiger partial charge in [0.2, 0.25) is 8.32 Å². The quantitative estimate of drug-likeness (QED) is 0.480. The smallest absolute Gasteiger partial charge is 0.407 e. The number of benzene rings is 1. The number of amides is 1. The van der Waals surface area contributed by atoms with Gasteiger partial charge in [-0.25, -0.2) is 4.79 Å². The first-order valence-electron chi connectivity index (χ1n) is 9.05. The van der Waals surface area contributed by atoms with Gasteiger partial charge in [-0.15, -0.1) is 0 Å². The molecule has 0 aliphatic carbocycles. The van der Waals surface area contributed by atoms with E-state index < -0.39 is 14.4 Å². The molecule has 0 unspecified atom stereocenters. The maximum atomic E-state index is 12.3. The number of rotatable bonds is 8. The number of hydrogen-bond acceptors (Lipinski definition) is 3. The molecule has 0 bridgehead atoms. The molecule has 0 aromatic heterocycles. The van der Waals surface area contributed by atoms with Gasteiger partial charge in [0.15, 0.2) is 0 Å². The van der Waals surface area contributed by atoms with E-state index in [9.17, 15) is 4.79 Å². The molecule has 0 aliphatic heterocycles. The first-order chi connectivity index (χ1) is 11.7. The number of ether oxygens (including phenoxy) is 1. The van der Waals surface area contributed by atoms with Crippen LogP contribution in [-0.2, 0) is 9.16 Å². The lowest BCUT2D eigenvalue weighted by molar-refractivity contribution is 0.0613. The van der Waals surface area contributed by atoms with Crippen LogP contribution < -0.4 is 5.32 Å². The average Bonchev–Trinajstić information content (AvgIpc) is 2.56. The van der Waals surface area contributed by atoms with Gasteiger partial charge in [0.25, 0.3) is 0 Å². The molecule has 140 valence electrons. The summed E-state index contributed by atoms with van der Waals surface area (Å²) in [5, 5.41) is 2.91. The van der Waals surface area contributed by atoms with E-state index in [0.29, 0.717) is 0 Å². The minimum Gasteiger partial charge on any atom is -0.547 e. The summed E-state index contributed by atoms with van der Waals surface area (Å²) >= 11 is 0. The Hall–Kier alpha value is -1.75. The van der Waals surface area contributed by atoms with Crippen LogP contribution in [0.25, 0.3) is 0 Å². The Morgan fingerprint density at radius 2 is 1.80 bits per heavy atom. The minimum atomic E-state index is -1.70. The van der Waals surface area contributed by atoms with E-state index >= 15 is 0 Å². The van der Waals surface area contributed by atoms with Gasteiger partial charge in [-0.05, 0) is 45.5 Å². The predicted molar refractivity (Wildman–Crippen MR) is 106 cm³/mol. The topological polar surface area (TPSA) is 47.6 Å². The van der Waals surface area contributed by atoms with Crippen molar-refractivity contribution in [1.29, 1.82) is 0 Å². The SMILES string of the molecule is C/C=C(/O[Si](C)(C)C)[C@H](C)[C@@H](CC)OC(=O)N[C@@H](C)c1ccccc1. The van der Waals surface area contributed by atoms with Crippen LogP contribution in [-0.4, -0.2) is 20.5 Å². The first-order valence-corrected chi connectivity index (χ1v) is 12.5. The van der Waals surface area contributed by atoms with Crippen LogP contribution >= 0.6 is 0 Å². The molecule has 0 heterocycles. The third kappa shape index (κ3) is 7.34. The molecule has 1 rings (SSSR count). The highest BCUT2D eigenvalue weighted by Crippen LogP contribution is 2.25. The first kappa shape index (κ1) is 21.3. The number of carbonyl (C=O) groups excluding carboxylic acids is 1. The lowest BCUT2D eigenvalue weighted by Gasteiger charge is -2.30. The Morgan fingerprint density at radius 1 is 1.20 bits per heavy atom. The Labute approximate surface area is 153 Å². The molecule has 5 heteroatoms. The van der Waals surface area contributed by atoms with Gasteiger partial charge in [-0.1, -0.05) is 50.3 Å². The summed E-state index contributed by atoms with van der Waals surface area (Å²) in [5.41, 5.74) is 1.05. The number of carbonyl (C=O) groups is 1. The lowest BCUT2D eigenvalue weighted by atomic mass is 10.00. The van der Waals surface area contributed by atoms with Crippen LogP contribution in [0.5, 0.6) is 0 Å². The van der Waals surface area contributed by atoms with Crippen LogP contribution in [0.3, 0.4) is 0 Å². The normalized spacial score (nSPS) is 15.9. The highest BCUT2D eigenvalue weighted by atomic mass is 28.4. The van der Waals surface area contributed by atoms with E-state index in [2.05, 4.69) is 31.9 Å². The van der Waals surface area contributed by atoms with Crippen LogP contribution in [0, 0.1) is 5.92 Å². The van der Waals surface area contributed by atoms with Gasteiger partial charge in [0, 0.05) is 5.92 Å². The second-order valence-corrected chi connectivity index (χ2v) is 11.8. The van der Waals surface area contributed by atoms with Gasteiger partial charge in [0.1, 0.15) is 6.10 Å². The van der Waals surface area contributed by atoms with Crippen LogP contribution in [0.4, 0.5) is 4.79 Å². The second kappa shape index (κ2) is 9.66. The van der Waals surface area contributed by atoms with Gasteiger partial charge < -0.3 is 14.5 Å². The Balaban J connectivity index is 2.69. The third-order valence-electron chi connectivity index (χ3n) is 4.01. The molecule has 0 radical (unpaired) electrons. The molecule has 0 saturated carbocycles. The van der Waals surface area contributed by atoms with Crippen molar-refractivity contribution in [2.75, 3.05) is 0 Å². The standard InChI is InChI=1S/C20H33NO3Si/c1-8-18(15(3)19(9-2)24-25(5,6)7)23-20(22)21-16(4)17-13-11-10-12-14-17/h9-16,18H,8H2,1-7H3,(H,21,22)/b19-9+/t15-,16+,18-/m1/s1. The predicted octanol–water partition coefficient (Wildman–Crippen LogP) is 5.64. The fourth-order valence-corrected chi connectivity index (χ4v) is 3.67. The average molecular weight is 364 g/mol.